The summed E-state index contributed by atoms with van der Waals surface area (Å²) >= 11 is 0. The summed E-state index contributed by atoms with van der Waals surface area (Å²) in [5, 5.41) is 2.85. The monoisotopic (exact) mass is 355 g/mol. The number of amides is 1. The SMILES string of the molecule is COc1ccc(CCNC(=O)CCC(=O)c2ccc(C)cc2)cc1OC. The first kappa shape index (κ1) is 19.5. The van der Waals surface area contributed by atoms with Crippen LogP contribution in [0, 0.1) is 6.92 Å². The summed E-state index contributed by atoms with van der Waals surface area (Å²) in [6.07, 6.45) is 1.09. The van der Waals surface area contributed by atoms with Crippen molar-refractivity contribution in [1.82, 2.24) is 5.32 Å². The second-order valence-electron chi connectivity index (χ2n) is 6.08. The van der Waals surface area contributed by atoms with Crippen molar-refractivity contribution in [3.8, 4) is 11.5 Å². The molecule has 0 radical (unpaired) electrons. The molecule has 0 unspecified atom stereocenters. The zero-order chi connectivity index (χ0) is 18.9. The Kier molecular flexibility index (Phi) is 7.21. The van der Waals surface area contributed by atoms with Crippen LogP contribution in [0.1, 0.15) is 34.3 Å². The molecule has 0 saturated heterocycles. The number of aryl methyl sites for hydroxylation is 1. The van der Waals surface area contributed by atoms with Crippen LogP contribution in [0.4, 0.5) is 0 Å². The second kappa shape index (κ2) is 9.61. The number of ketones is 1. The minimum Gasteiger partial charge on any atom is -0.493 e. The van der Waals surface area contributed by atoms with Gasteiger partial charge in [0.2, 0.25) is 5.91 Å². The molecule has 0 aliphatic carbocycles. The third kappa shape index (κ3) is 5.62. The van der Waals surface area contributed by atoms with E-state index in [1.807, 2.05) is 37.3 Å². The Morgan fingerprint density at radius 2 is 1.62 bits per heavy atom. The smallest absolute Gasteiger partial charge is 0.220 e. The molecule has 0 aliphatic rings. The van der Waals surface area contributed by atoms with E-state index in [0.717, 1.165) is 11.1 Å². The molecule has 0 aromatic heterocycles. The molecule has 0 saturated carbocycles. The summed E-state index contributed by atoms with van der Waals surface area (Å²) in [5.41, 5.74) is 2.79. The Balaban J connectivity index is 1.75. The van der Waals surface area contributed by atoms with Crippen LogP contribution in [0.2, 0.25) is 0 Å². The fourth-order valence-electron chi connectivity index (χ4n) is 2.58. The fraction of sp³-hybridized carbons (Fsp3) is 0.333. The third-order valence-corrected chi connectivity index (χ3v) is 4.14. The lowest BCUT2D eigenvalue weighted by atomic mass is 10.0. The van der Waals surface area contributed by atoms with Crippen molar-refractivity contribution in [3.63, 3.8) is 0 Å². The maximum Gasteiger partial charge on any atom is 0.220 e. The number of carbonyl (C=O) groups is 2. The Morgan fingerprint density at radius 1 is 0.923 bits per heavy atom. The van der Waals surface area contributed by atoms with Crippen LogP contribution in [0.25, 0.3) is 0 Å². The first-order valence-corrected chi connectivity index (χ1v) is 8.61. The van der Waals surface area contributed by atoms with Crippen LogP contribution in [-0.2, 0) is 11.2 Å². The van der Waals surface area contributed by atoms with Gasteiger partial charge in [0.1, 0.15) is 0 Å². The summed E-state index contributed by atoms with van der Waals surface area (Å²) in [4.78, 5) is 24.0. The lowest BCUT2D eigenvalue weighted by Crippen LogP contribution is -2.26. The molecule has 2 aromatic rings. The summed E-state index contributed by atoms with van der Waals surface area (Å²) in [7, 11) is 3.18. The lowest BCUT2D eigenvalue weighted by Gasteiger charge is -2.10. The van der Waals surface area contributed by atoms with Crippen LogP contribution in [0.15, 0.2) is 42.5 Å². The third-order valence-electron chi connectivity index (χ3n) is 4.14. The van der Waals surface area contributed by atoms with E-state index in [0.29, 0.717) is 30.0 Å². The van der Waals surface area contributed by atoms with Gasteiger partial charge in [0.25, 0.3) is 0 Å². The molecule has 1 N–H and O–H groups in total. The maximum absolute atomic E-state index is 12.1. The highest BCUT2D eigenvalue weighted by atomic mass is 16.5. The maximum atomic E-state index is 12.1. The Labute approximate surface area is 154 Å². The Bertz CT molecular complexity index is 753. The number of hydrogen-bond donors (Lipinski definition) is 1. The number of carbonyl (C=O) groups excluding carboxylic acids is 2. The molecule has 5 nitrogen and oxygen atoms in total. The van der Waals surface area contributed by atoms with E-state index in [4.69, 9.17) is 9.47 Å². The topological polar surface area (TPSA) is 64.6 Å². The molecule has 5 heteroatoms. The molecule has 0 aliphatic heterocycles. The number of hydrogen-bond acceptors (Lipinski definition) is 4. The molecule has 2 rings (SSSR count). The minimum absolute atomic E-state index is 0.0139. The fourth-order valence-corrected chi connectivity index (χ4v) is 2.58. The van der Waals surface area contributed by atoms with Gasteiger partial charge in [-0.15, -0.1) is 0 Å². The Morgan fingerprint density at radius 3 is 2.27 bits per heavy atom. The van der Waals surface area contributed by atoms with Gasteiger partial charge in [0, 0.05) is 24.9 Å². The van der Waals surface area contributed by atoms with Crippen molar-refractivity contribution in [2.75, 3.05) is 20.8 Å². The van der Waals surface area contributed by atoms with Crippen molar-refractivity contribution in [1.29, 1.82) is 0 Å². The molecule has 0 fully saturated rings. The van der Waals surface area contributed by atoms with Gasteiger partial charge in [-0.05, 0) is 31.0 Å². The van der Waals surface area contributed by atoms with Crippen LogP contribution in [0.3, 0.4) is 0 Å². The molecular formula is C21H25NO4. The number of methoxy groups -OCH3 is 2. The number of nitrogens with one attached hydrogen (secondary N) is 1. The zero-order valence-corrected chi connectivity index (χ0v) is 15.5. The minimum atomic E-state index is -0.120. The quantitative estimate of drug-likeness (QED) is 0.701. The van der Waals surface area contributed by atoms with E-state index in [9.17, 15) is 9.59 Å². The number of benzene rings is 2. The van der Waals surface area contributed by atoms with Gasteiger partial charge >= 0.3 is 0 Å². The van der Waals surface area contributed by atoms with Crippen LogP contribution < -0.4 is 14.8 Å². The van der Waals surface area contributed by atoms with Crippen LogP contribution in [-0.4, -0.2) is 32.5 Å². The summed E-state index contributed by atoms with van der Waals surface area (Å²) in [6.45, 7) is 2.48. The van der Waals surface area contributed by atoms with E-state index in [-0.39, 0.29) is 24.5 Å². The number of ether oxygens (including phenoxy) is 2. The Hall–Kier alpha value is -2.82. The van der Waals surface area contributed by atoms with Gasteiger partial charge in [0.15, 0.2) is 17.3 Å². The van der Waals surface area contributed by atoms with Crippen molar-refractivity contribution in [3.05, 3.63) is 59.2 Å². The molecule has 1 amide bonds. The van der Waals surface area contributed by atoms with Crippen molar-refractivity contribution >= 4 is 11.7 Å². The van der Waals surface area contributed by atoms with Crippen molar-refractivity contribution < 1.29 is 19.1 Å². The van der Waals surface area contributed by atoms with E-state index in [1.54, 1.807) is 26.4 Å². The standard InChI is InChI=1S/C21H25NO4/c1-15-4-7-17(8-5-15)18(23)9-11-21(24)22-13-12-16-6-10-19(25-2)20(14-16)26-3/h4-8,10,14H,9,11-13H2,1-3H3,(H,22,24). The molecular weight excluding hydrogens is 330 g/mol. The highest BCUT2D eigenvalue weighted by Crippen LogP contribution is 2.27. The molecule has 26 heavy (non-hydrogen) atoms. The molecule has 2 aromatic carbocycles. The average molecular weight is 355 g/mol. The van der Waals surface area contributed by atoms with Gasteiger partial charge < -0.3 is 14.8 Å². The summed E-state index contributed by atoms with van der Waals surface area (Å²) < 4.78 is 10.5. The molecule has 0 atom stereocenters. The van der Waals surface area contributed by atoms with E-state index >= 15 is 0 Å². The predicted octanol–water partition coefficient (Wildman–Crippen LogP) is 3.33. The first-order valence-electron chi connectivity index (χ1n) is 8.61. The van der Waals surface area contributed by atoms with Gasteiger partial charge in [-0.1, -0.05) is 35.9 Å². The molecule has 0 bridgehead atoms. The van der Waals surface area contributed by atoms with Crippen molar-refractivity contribution in [2.45, 2.75) is 26.2 Å². The highest BCUT2D eigenvalue weighted by Gasteiger charge is 2.09. The summed E-state index contributed by atoms with van der Waals surface area (Å²) in [6, 6.07) is 13.1. The molecule has 138 valence electrons. The van der Waals surface area contributed by atoms with Crippen molar-refractivity contribution in [2.24, 2.45) is 0 Å². The predicted molar refractivity (Wildman–Crippen MR) is 101 cm³/mol. The molecule has 0 spiro atoms. The van der Waals surface area contributed by atoms with Crippen LogP contribution >= 0.6 is 0 Å². The lowest BCUT2D eigenvalue weighted by molar-refractivity contribution is -0.121. The van der Waals surface area contributed by atoms with Crippen LogP contribution in [0.5, 0.6) is 11.5 Å². The normalized spacial score (nSPS) is 10.3. The van der Waals surface area contributed by atoms with Gasteiger partial charge in [-0.25, -0.2) is 0 Å². The summed E-state index contributed by atoms with van der Waals surface area (Å²) in [5.74, 6) is 1.21. The van der Waals surface area contributed by atoms with E-state index in [2.05, 4.69) is 5.32 Å². The highest BCUT2D eigenvalue weighted by molar-refractivity contribution is 5.97. The second-order valence-corrected chi connectivity index (χ2v) is 6.08. The average Bonchev–Trinajstić information content (AvgIpc) is 2.66. The largest absolute Gasteiger partial charge is 0.493 e. The van der Waals surface area contributed by atoms with Gasteiger partial charge in [0.05, 0.1) is 14.2 Å². The first-order chi connectivity index (χ1) is 12.5. The van der Waals surface area contributed by atoms with Gasteiger partial charge in [-0.2, -0.15) is 0 Å². The van der Waals surface area contributed by atoms with E-state index in [1.165, 1.54) is 0 Å². The number of rotatable bonds is 9. The number of Topliss-reactive ketones (excluding diaryl/α,β-unsaturated/α-hetero) is 1. The zero-order valence-electron chi connectivity index (χ0n) is 15.5. The van der Waals surface area contributed by atoms with E-state index < -0.39 is 0 Å². The van der Waals surface area contributed by atoms with Gasteiger partial charge in [-0.3, -0.25) is 9.59 Å². The molecule has 0 heterocycles.